The van der Waals surface area contributed by atoms with Crippen LogP contribution in [0.5, 0.6) is 0 Å². The van der Waals surface area contributed by atoms with Crippen molar-refractivity contribution in [2.75, 3.05) is 14.1 Å². The lowest BCUT2D eigenvalue weighted by Gasteiger charge is -2.16. The van der Waals surface area contributed by atoms with Crippen molar-refractivity contribution in [3.63, 3.8) is 0 Å². The highest BCUT2D eigenvalue weighted by molar-refractivity contribution is 7.99. The summed E-state index contributed by atoms with van der Waals surface area (Å²) in [6.07, 6.45) is 7.93. The largest absolute Gasteiger partial charge is 0.299 e. The van der Waals surface area contributed by atoms with Gasteiger partial charge in [-0.2, -0.15) is 0 Å². The number of benzene rings is 2. The predicted molar refractivity (Wildman–Crippen MR) is 181 cm³/mol. The van der Waals surface area contributed by atoms with E-state index in [2.05, 4.69) is 15.8 Å². The van der Waals surface area contributed by atoms with Crippen LogP contribution < -0.4 is 0 Å². The molecular weight excluding hydrogens is 629 g/mol. The number of hydrogen-bond donors (Lipinski definition) is 0. The number of hydrogen-bond acceptors (Lipinski definition) is 6. The Kier molecular flexibility index (Phi) is 9.71. The monoisotopic (exact) mass is 663 g/mol. The third-order valence-electron chi connectivity index (χ3n) is 7.58. The van der Waals surface area contributed by atoms with Gasteiger partial charge in [0.2, 0.25) is 10.0 Å². The van der Waals surface area contributed by atoms with Crippen molar-refractivity contribution in [1.29, 1.82) is 0 Å². The summed E-state index contributed by atoms with van der Waals surface area (Å²) in [5.74, 6) is 3.00. The minimum absolute atomic E-state index is 0.162. The minimum atomic E-state index is -3.96. The molecule has 2 atom stereocenters. The lowest BCUT2D eigenvalue weighted by atomic mass is 10.1. The van der Waals surface area contributed by atoms with E-state index in [1.54, 1.807) is 80.0 Å². The van der Waals surface area contributed by atoms with Crippen molar-refractivity contribution in [2.45, 2.75) is 36.6 Å². The van der Waals surface area contributed by atoms with Crippen LogP contribution in [-0.2, 0) is 32.8 Å². The van der Waals surface area contributed by atoms with E-state index in [1.807, 2.05) is 11.9 Å². The molecule has 0 bridgehead atoms. The van der Waals surface area contributed by atoms with E-state index in [0.717, 1.165) is 9.54 Å². The molecule has 3 heterocycles. The summed E-state index contributed by atoms with van der Waals surface area (Å²) in [5, 5.41) is -0.894. The molecule has 0 N–H and O–H groups in total. The van der Waals surface area contributed by atoms with Crippen molar-refractivity contribution in [1.82, 2.24) is 17.8 Å². The molecule has 0 aliphatic rings. The van der Waals surface area contributed by atoms with E-state index in [1.165, 1.54) is 41.8 Å². The third-order valence-corrected chi connectivity index (χ3v) is 11.6. The molecule has 3 aromatic heterocycles. The van der Waals surface area contributed by atoms with E-state index in [-0.39, 0.29) is 16.8 Å². The SMILES string of the molecule is C=S(=O)(c1cccnc1)n1cc(CN(C)Cc2cc(-c3ccccc3F)n(S(=O)(=O)C(C=NC)CC)c2)cc1-c1ccccc1F. The number of aliphatic imine (C=N–C) groups is 1. The van der Waals surface area contributed by atoms with Gasteiger partial charge >= 0.3 is 0 Å². The fraction of sp³-hybridized carbons (Fsp3) is 0.206. The van der Waals surface area contributed by atoms with Crippen LogP contribution >= 0.6 is 0 Å². The molecule has 0 aliphatic carbocycles. The number of nitrogens with zero attached hydrogens (tertiary/aromatic N) is 5. The number of aromatic nitrogens is 3. The molecule has 2 unspecified atom stereocenters. The highest BCUT2D eigenvalue weighted by Gasteiger charge is 2.28. The van der Waals surface area contributed by atoms with Crippen LogP contribution in [0.2, 0.25) is 0 Å². The average molecular weight is 664 g/mol. The maximum atomic E-state index is 15.0. The second kappa shape index (κ2) is 13.5. The van der Waals surface area contributed by atoms with Crippen LogP contribution in [-0.4, -0.2) is 61.9 Å². The Morgan fingerprint density at radius 2 is 1.43 bits per heavy atom. The summed E-state index contributed by atoms with van der Waals surface area (Å²) in [7, 11) is -3.73. The number of rotatable bonds is 12. The topological polar surface area (TPSA) is 89.6 Å². The smallest absolute Gasteiger partial charge is 0.246 e. The molecule has 0 amide bonds. The Bertz CT molecular complexity index is 2090. The van der Waals surface area contributed by atoms with Gasteiger partial charge in [-0.25, -0.2) is 25.4 Å². The van der Waals surface area contributed by atoms with Crippen LogP contribution in [0.4, 0.5) is 8.78 Å². The summed E-state index contributed by atoms with van der Waals surface area (Å²) in [4.78, 5) is 10.4. The average Bonchev–Trinajstić information content (AvgIpc) is 3.66. The Balaban J connectivity index is 1.52. The first-order chi connectivity index (χ1) is 22.0. The van der Waals surface area contributed by atoms with Crippen molar-refractivity contribution < 1.29 is 21.4 Å². The van der Waals surface area contributed by atoms with Crippen LogP contribution in [0.3, 0.4) is 0 Å². The van der Waals surface area contributed by atoms with E-state index >= 15 is 4.39 Å². The van der Waals surface area contributed by atoms with Gasteiger partial charge in [0.25, 0.3) is 0 Å². The normalized spacial score (nSPS) is 14.1. The van der Waals surface area contributed by atoms with Gasteiger partial charge in [-0.05, 0) is 79.0 Å². The van der Waals surface area contributed by atoms with E-state index in [9.17, 15) is 17.0 Å². The molecule has 0 saturated heterocycles. The molecule has 12 heteroatoms. The summed E-state index contributed by atoms with van der Waals surface area (Å²) >= 11 is 0. The highest BCUT2D eigenvalue weighted by atomic mass is 32.2. The van der Waals surface area contributed by atoms with Gasteiger partial charge in [0.05, 0.1) is 26.0 Å². The zero-order valence-electron chi connectivity index (χ0n) is 25.8. The Hall–Kier alpha value is -4.39. The van der Waals surface area contributed by atoms with E-state index in [4.69, 9.17) is 0 Å². The maximum absolute atomic E-state index is 15.0. The third kappa shape index (κ3) is 6.60. The van der Waals surface area contributed by atoms with Crippen molar-refractivity contribution in [2.24, 2.45) is 4.99 Å². The van der Waals surface area contributed by atoms with Gasteiger partial charge in [-0.15, -0.1) is 0 Å². The van der Waals surface area contributed by atoms with Crippen LogP contribution in [0, 0.1) is 11.6 Å². The zero-order valence-corrected chi connectivity index (χ0v) is 27.4. The molecule has 8 nitrogen and oxygen atoms in total. The second-order valence-corrected chi connectivity index (χ2v) is 15.1. The molecule has 5 aromatic rings. The van der Waals surface area contributed by atoms with Crippen molar-refractivity contribution >= 4 is 31.8 Å². The molecule has 240 valence electrons. The quantitative estimate of drug-likeness (QED) is 0.119. The molecule has 0 saturated carbocycles. The summed E-state index contributed by atoms with van der Waals surface area (Å²) in [6, 6.07) is 19.1. The molecule has 5 rings (SSSR count). The number of halogens is 2. The van der Waals surface area contributed by atoms with Crippen LogP contribution in [0.25, 0.3) is 22.5 Å². The van der Waals surface area contributed by atoms with Gasteiger partial charge < -0.3 is 0 Å². The fourth-order valence-electron chi connectivity index (χ4n) is 5.39. The van der Waals surface area contributed by atoms with E-state index in [0.29, 0.717) is 35.7 Å². The van der Waals surface area contributed by atoms with Gasteiger partial charge in [-0.1, -0.05) is 31.2 Å². The molecule has 0 aliphatic heterocycles. The fourth-order valence-corrected chi connectivity index (χ4v) is 8.60. The Morgan fingerprint density at radius 3 is 1.93 bits per heavy atom. The lowest BCUT2D eigenvalue weighted by molar-refractivity contribution is 0.319. The second-order valence-electron chi connectivity index (χ2n) is 10.9. The minimum Gasteiger partial charge on any atom is -0.299 e. The maximum Gasteiger partial charge on any atom is 0.246 e. The molecule has 0 fully saturated rings. The molecule has 0 radical (unpaired) electrons. The highest BCUT2D eigenvalue weighted by Crippen LogP contribution is 2.31. The van der Waals surface area contributed by atoms with Gasteiger partial charge in [0.15, 0.2) is 0 Å². The van der Waals surface area contributed by atoms with Gasteiger partial charge in [0.1, 0.15) is 16.9 Å². The van der Waals surface area contributed by atoms with Crippen LogP contribution in [0.15, 0.2) is 107 Å². The summed E-state index contributed by atoms with van der Waals surface area (Å²) in [5.41, 5.74) is 2.41. The summed E-state index contributed by atoms with van der Waals surface area (Å²) in [6.45, 7) is 2.39. The molecular formula is C34H35F2N5O3S2. The van der Waals surface area contributed by atoms with Gasteiger partial charge in [0, 0.05) is 62.3 Å². The summed E-state index contributed by atoms with van der Waals surface area (Å²) < 4.78 is 74.1. The van der Waals surface area contributed by atoms with Gasteiger partial charge in [-0.3, -0.25) is 18.8 Å². The molecule has 2 aromatic carbocycles. The van der Waals surface area contributed by atoms with Crippen molar-refractivity contribution in [3.05, 3.63) is 120 Å². The first-order valence-corrected chi connectivity index (χ1v) is 17.7. The lowest BCUT2D eigenvalue weighted by Crippen LogP contribution is -2.28. The van der Waals surface area contributed by atoms with Crippen molar-refractivity contribution in [3.8, 4) is 22.5 Å². The standard InChI is InChI=1S/C34H35F2N5O3S2/c1-5-27(19-37-2)46(43,44)41-24-26(18-34(41)30-13-7-9-15-32(30)36)22-39(3)21-25-17-33(29-12-6-8-14-31(29)35)40(23-25)45(4,42)28-11-10-16-38-20-28/h6-20,23-24,27H,4-5,21-22H2,1-3H3. The Morgan fingerprint density at radius 1 is 0.891 bits per heavy atom. The zero-order chi connectivity index (χ0) is 33.1. The molecule has 0 spiro atoms. The first kappa shape index (κ1) is 33.0. The van der Waals surface area contributed by atoms with Crippen LogP contribution in [0.1, 0.15) is 24.5 Å². The number of pyridine rings is 1. The molecule has 46 heavy (non-hydrogen) atoms. The predicted octanol–water partition coefficient (Wildman–Crippen LogP) is 6.12. The van der Waals surface area contributed by atoms with E-state index < -0.39 is 36.6 Å². The first-order valence-electron chi connectivity index (χ1n) is 14.5. The Labute approximate surface area is 268 Å².